The predicted octanol–water partition coefficient (Wildman–Crippen LogP) is 2.59. The molecular weight excluding hydrogens is 326 g/mol. The standard InChI is InChI=1S/C14H18BrNO4/c15-11-5-7-12(8-6-11)20-10-9-16-13(17)3-1-2-4-14(18)19/h5-8H,1-4,9-10H2,(H,16,17)(H,18,19). The Hall–Kier alpha value is -1.56. The molecule has 0 aliphatic rings. The van der Waals surface area contributed by atoms with Crippen molar-refractivity contribution in [1.82, 2.24) is 5.32 Å². The van der Waals surface area contributed by atoms with E-state index in [-0.39, 0.29) is 12.3 Å². The maximum atomic E-state index is 11.4. The zero-order valence-corrected chi connectivity index (χ0v) is 12.7. The lowest BCUT2D eigenvalue weighted by molar-refractivity contribution is -0.137. The van der Waals surface area contributed by atoms with Crippen LogP contribution in [0.1, 0.15) is 25.7 Å². The van der Waals surface area contributed by atoms with Gasteiger partial charge in [-0.25, -0.2) is 0 Å². The SMILES string of the molecule is O=C(O)CCCCC(=O)NCCOc1ccc(Br)cc1. The van der Waals surface area contributed by atoms with Gasteiger partial charge in [-0.15, -0.1) is 0 Å². The van der Waals surface area contributed by atoms with Gasteiger partial charge in [-0.05, 0) is 37.1 Å². The van der Waals surface area contributed by atoms with Crippen LogP contribution in [0.2, 0.25) is 0 Å². The number of carboxylic acid groups (broad SMARTS) is 1. The first-order chi connectivity index (χ1) is 9.58. The van der Waals surface area contributed by atoms with E-state index in [1.165, 1.54) is 0 Å². The van der Waals surface area contributed by atoms with Crippen molar-refractivity contribution >= 4 is 27.8 Å². The minimum absolute atomic E-state index is 0.0743. The van der Waals surface area contributed by atoms with Crippen LogP contribution < -0.4 is 10.1 Å². The van der Waals surface area contributed by atoms with Crippen LogP contribution in [0, 0.1) is 0 Å². The zero-order valence-electron chi connectivity index (χ0n) is 11.1. The molecule has 0 unspecified atom stereocenters. The number of aliphatic carboxylic acids is 1. The number of unbranched alkanes of at least 4 members (excludes halogenated alkanes) is 1. The molecule has 1 aromatic carbocycles. The van der Waals surface area contributed by atoms with Crippen molar-refractivity contribution in [3.05, 3.63) is 28.7 Å². The number of rotatable bonds is 9. The summed E-state index contributed by atoms with van der Waals surface area (Å²) in [7, 11) is 0. The van der Waals surface area contributed by atoms with Crippen LogP contribution in [0.4, 0.5) is 0 Å². The average molecular weight is 344 g/mol. The van der Waals surface area contributed by atoms with Crippen LogP contribution in [-0.2, 0) is 9.59 Å². The molecule has 0 aromatic heterocycles. The first-order valence-electron chi connectivity index (χ1n) is 6.45. The van der Waals surface area contributed by atoms with E-state index >= 15 is 0 Å². The van der Waals surface area contributed by atoms with Crippen molar-refractivity contribution in [2.24, 2.45) is 0 Å². The van der Waals surface area contributed by atoms with Gasteiger partial charge in [0.1, 0.15) is 12.4 Å². The molecule has 0 fully saturated rings. The Morgan fingerprint density at radius 1 is 1.15 bits per heavy atom. The number of hydrogen-bond donors (Lipinski definition) is 2. The summed E-state index contributed by atoms with van der Waals surface area (Å²) >= 11 is 3.34. The van der Waals surface area contributed by atoms with Gasteiger partial charge in [0.15, 0.2) is 0 Å². The molecule has 1 amide bonds. The van der Waals surface area contributed by atoms with E-state index in [2.05, 4.69) is 21.2 Å². The van der Waals surface area contributed by atoms with Crippen LogP contribution >= 0.6 is 15.9 Å². The van der Waals surface area contributed by atoms with Crippen molar-refractivity contribution < 1.29 is 19.4 Å². The van der Waals surface area contributed by atoms with Crippen LogP contribution in [0.15, 0.2) is 28.7 Å². The minimum Gasteiger partial charge on any atom is -0.492 e. The molecule has 1 aromatic rings. The molecule has 0 saturated carbocycles. The highest BCUT2D eigenvalue weighted by Crippen LogP contribution is 2.15. The van der Waals surface area contributed by atoms with Crippen LogP contribution in [0.3, 0.4) is 0 Å². The van der Waals surface area contributed by atoms with Gasteiger partial charge in [0.25, 0.3) is 0 Å². The lowest BCUT2D eigenvalue weighted by Gasteiger charge is -2.07. The van der Waals surface area contributed by atoms with Crippen LogP contribution in [-0.4, -0.2) is 30.1 Å². The summed E-state index contributed by atoms with van der Waals surface area (Å²) in [6.07, 6.45) is 1.58. The maximum absolute atomic E-state index is 11.4. The van der Waals surface area contributed by atoms with Gasteiger partial charge in [0.05, 0.1) is 6.54 Å². The molecule has 0 heterocycles. The third-order valence-corrected chi connectivity index (χ3v) is 3.08. The summed E-state index contributed by atoms with van der Waals surface area (Å²) in [5.41, 5.74) is 0. The highest BCUT2D eigenvalue weighted by molar-refractivity contribution is 9.10. The second kappa shape index (κ2) is 9.36. The van der Waals surface area contributed by atoms with Gasteiger partial charge in [-0.2, -0.15) is 0 Å². The molecule has 5 nitrogen and oxygen atoms in total. The van der Waals surface area contributed by atoms with Gasteiger partial charge in [0, 0.05) is 17.3 Å². The Morgan fingerprint density at radius 2 is 1.80 bits per heavy atom. The lowest BCUT2D eigenvalue weighted by Crippen LogP contribution is -2.27. The molecule has 2 N–H and O–H groups in total. The molecule has 0 aliphatic carbocycles. The number of amides is 1. The Kier molecular flexibility index (Phi) is 7.72. The first-order valence-corrected chi connectivity index (χ1v) is 7.24. The van der Waals surface area contributed by atoms with Gasteiger partial charge >= 0.3 is 5.97 Å². The molecule has 0 saturated heterocycles. The summed E-state index contributed by atoms with van der Waals surface area (Å²) < 4.78 is 6.44. The van der Waals surface area contributed by atoms with Crippen LogP contribution in [0.25, 0.3) is 0 Å². The second-order valence-electron chi connectivity index (χ2n) is 4.25. The fraction of sp³-hybridized carbons (Fsp3) is 0.429. The fourth-order valence-electron chi connectivity index (χ4n) is 1.54. The summed E-state index contributed by atoms with van der Waals surface area (Å²) in [6.45, 7) is 0.844. The molecule has 1 rings (SSSR count). The number of halogens is 1. The number of carboxylic acids is 1. The fourth-order valence-corrected chi connectivity index (χ4v) is 1.80. The Labute approximate surface area is 126 Å². The molecular formula is C14H18BrNO4. The topological polar surface area (TPSA) is 75.6 Å². The molecule has 0 radical (unpaired) electrons. The van der Waals surface area contributed by atoms with Gasteiger partial charge in [0.2, 0.25) is 5.91 Å². The van der Waals surface area contributed by atoms with E-state index in [0.29, 0.717) is 32.4 Å². The molecule has 0 atom stereocenters. The van der Waals surface area contributed by atoms with E-state index in [1.54, 1.807) is 0 Å². The van der Waals surface area contributed by atoms with Gasteiger partial charge in [-0.3, -0.25) is 9.59 Å². The normalized spacial score (nSPS) is 10.1. The molecule has 110 valence electrons. The molecule has 6 heteroatoms. The molecule has 0 bridgehead atoms. The van der Waals surface area contributed by atoms with E-state index in [4.69, 9.17) is 9.84 Å². The smallest absolute Gasteiger partial charge is 0.303 e. The summed E-state index contributed by atoms with van der Waals surface area (Å²) in [5.74, 6) is -0.146. The monoisotopic (exact) mass is 343 g/mol. The maximum Gasteiger partial charge on any atom is 0.303 e. The van der Waals surface area contributed by atoms with E-state index < -0.39 is 5.97 Å². The molecule has 0 aliphatic heterocycles. The average Bonchev–Trinajstić information content (AvgIpc) is 2.41. The number of nitrogens with one attached hydrogen (secondary N) is 1. The summed E-state index contributed by atoms with van der Waals surface area (Å²) in [6, 6.07) is 7.46. The third kappa shape index (κ3) is 7.78. The Morgan fingerprint density at radius 3 is 2.45 bits per heavy atom. The van der Waals surface area contributed by atoms with Crippen molar-refractivity contribution in [2.45, 2.75) is 25.7 Å². The van der Waals surface area contributed by atoms with Crippen LogP contribution in [0.5, 0.6) is 5.75 Å². The Balaban J connectivity index is 2.04. The van der Waals surface area contributed by atoms with E-state index in [0.717, 1.165) is 10.2 Å². The van der Waals surface area contributed by atoms with Crippen molar-refractivity contribution in [3.63, 3.8) is 0 Å². The highest BCUT2D eigenvalue weighted by Gasteiger charge is 2.02. The molecule has 0 spiro atoms. The number of carbonyl (C=O) groups excluding carboxylic acids is 1. The van der Waals surface area contributed by atoms with E-state index in [1.807, 2.05) is 24.3 Å². The van der Waals surface area contributed by atoms with Crippen molar-refractivity contribution in [3.8, 4) is 5.75 Å². The highest BCUT2D eigenvalue weighted by atomic mass is 79.9. The van der Waals surface area contributed by atoms with Gasteiger partial charge in [-0.1, -0.05) is 15.9 Å². The van der Waals surface area contributed by atoms with Crippen molar-refractivity contribution in [2.75, 3.05) is 13.2 Å². The second-order valence-corrected chi connectivity index (χ2v) is 5.17. The third-order valence-electron chi connectivity index (χ3n) is 2.55. The first kappa shape index (κ1) is 16.5. The lowest BCUT2D eigenvalue weighted by atomic mass is 10.2. The number of benzene rings is 1. The Bertz CT molecular complexity index is 433. The number of ether oxygens (including phenoxy) is 1. The zero-order chi connectivity index (χ0) is 14.8. The summed E-state index contributed by atoms with van der Waals surface area (Å²) in [4.78, 5) is 21.7. The van der Waals surface area contributed by atoms with E-state index in [9.17, 15) is 9.59 Å². The minimum atomic E-state index is -0.826. The molecule has 20 heavy (non-hydrogen) atoms. The summed E-state index contributed by atoms with van der Waals surface area (Å²) in [5, 5.41) is 11.2. The number of hydrogen-bond acceptors (Lipinski definition) is 3. The quantitative estimate of drug-likeness (QED) is 0.675. The predicted molar refractivity (Wildman–Crippen MR) is 78.8 cm³/mol. The largest absolute Gasteiger partial charge is 0.492 e. The number of carbonyl (C=O) groups is 2. The van der Waals surface area contributed by atoms with Gasteiger partial charge < -0.3 is 15.2 Å². The van der Waals surface area contributed by atoms with Crippen molar-refractivity contribution in [1.29, 1.82) is 0 Å².